The van der Waals surface area contributed by atoms with Crippen molar-refractivity contribution >= 4 is 28.8 Å². The highest BCUT2D eigenvalue weighted by Crippen LogP contribution is 2.42. The van der Waals surface area contributed by atoms with Gasteiger partial charge < -0.3 is 9.84 Å². The van der Waals surface area contributed by atoms with Gasteiger partial charge in [0.25, 0.3) is 0 Å². The first kappa shape index (κ1) is 15.9. The van der Waals surface area contributed by atoms with E-state index >= 15 is 0 Å². The lowest BCUT2D eigenvalue weighted by Crippen LogP contribution is -2.39. The number of para-hydroxylation sites is 1. The van der Waals surface area contributed by atoms with Crippen LogP contribution in [0.3, 0.4) is 0 Å². The Hall–Kier alpha value is -2.46. The number of diazo groups is 1. The van der Waals surface area contributed by atoms with Gasteiger partial charge in [-0.15, -0.1) is 0 Å². The van der Waals surface area contributed by atoms with Crippen molar-refractivity contribution in [2.24, 2.45) is 0 Å². The fraction of sp³-hybridized carbons (Fsp3) is 0.333. The Balaban J connectivity index is 2.54. The number of benzene rings is 1. The van der Waals surface area contributed by atoms with Crippen molar-refractivity contribution in [3.8, 4) is 0 Å². The summed E-state index contributed by atoms with van der Waals surface area (Å²) < 4.78 is 4.84. The summed E-state index contributed by atoms with van der Waals surface area (Å²) in [5.41, 5.74) is 0.384. The second-order valence-electron chi connectivity index (χ2n) is 5.27. The summed E-state index contributed by atoms with van der Waals surface area (Å²) in [6, 6.07) is 7.28. The van der Waals surface area contributed by atoms with Crippen LogP contribution in [0.1, 0.15) is 26.3 Å². The molecule has 1 aliphatic rings. The zero-order chi connectivity index (χ0) is 16.5. The van der Waals surface area contributed by atoms with Crippen LogP contribution in [-0.2, 0) is 14.9 Å². The minimum atomic E-state index is -0.739. The first-order valence-corrected chi connectivity index (χ1v) is 7.16. The van der Waals surface area contributed by atoms with E-state index < -0.39 is 23.0 Å². The number of rotatable bonds is 3. The summed E-state index contributed by atoms with van der Waals surface area (Å²) in [6.45, 7) is 5.58. The SMILES string of the molecule is CCO/C(O)=C(/[N+]#N)C(=O)N1C(=S)C(C)(C)c2ccccc21. The number of thiocarbonyl (C=S) groups is 1. The van der Waals surface area contributed by atoms with Crippen LogP contribution < -0.4 is 4.90 Å². The molecule has 1 aliphatic heterocycles. The summed E-state index contributed by atoms with van der Waals surface area (Å²) in [4.78, 5) is 17.1. The molecule has 1 N–H and O–H groups in total. The Morgan fingerprint density at radius 2 is 2.09 bits per heavy atom. The van der Waals surface area contributed by atoms with Gasteiger partial charge in [0.2, 0.25) is 5.39 Å². The zero-order valence-electron chi connectivity index (χ0n) is 12.5. The maximum Gasteiger partial charge on any atom is 0.528 e. The lowest BCUT2D eigenvalue weighted by atomic mass is 9.87. The van der Waals surface area contributed by atoms with E-state index in [0.29, 0.717) is 10.7 Å². The highest BCUT2D eigenvalue weighted by Gasteiger charge is 2.48. The molecule has 22 heavy (non-hydrogen) atoms. The molecular weight excluding hydrogens is 302 g/mol. The molecule has 114 valence electrons. The normalized spacial score (nSPS) is 16.6. The van der Waals surface area contributed by atoms with E-state index in [-0.39, 0.29) is 6.61 Å². The van der Waals surface area contributed by atoms with Crippen molar-refractivity contribution < 1.29 is 14.6 Å². The fourth-order valence-electron chi connectivity index (χ4n) is 2.39. The van der Waals surface area contributed by atoms with E-state index in [2.05, 4.69) is 4.98 Å². The molecule has 0 radical (unpaired) electrons. The molecule has 0 bridgehead atoms. The quantitative estimate of drug-likeness (QED) is 0.400. The van der Waals surface area contributed by atoms with Crippen molar-refractivity contribution in [1.82, 2.24) is 0 Å². The number of carbonyl (C=O) groups is 1. The second-order valence-corrected chi connectivity index (χ2v) is 5.66. The van der Waals surface area contributed by atoms with Crippen LogP contribution in [0.5, 0.6) is 0 Å². The Morgan fingerprint density at radius 1 is 1.45 bits per heavy atom. The smallest absolute Gasteiger partial charge is 0.475 e. The predicted octanol–water partition coefficient (Wildman–Crippen LogP) is 3.25. The largest absolute Gasteiger partial charge is 0.528 e. The van der Waals surface area contributed by atoms with Crippen LogP contribution in [-0.4, -0.2) is 22.6 Å². The zero-order valence-corrected chi connectivity index (χ0v) is 13.3. The minimum Gasteiger partial charge on any atom is -0.475 e. The van der Waals surface area contributed by atoms with E-state index in [1.54, 1.807) is 19.1 Å². The number of hydrogen-bond acceptors (Lipinski definition) is 5. The molecule has 6 nitrogen and oxygen atoms in total. The topological polar surface area (TPSA) is 77.9 Å². The number of amides is 1. The van der Waals surface area contributed by atoms with Crippen molar-refractivity contribution in [2.45, 2.75) is 26.2 Å². The molecule has 1 aromatic carbocycles. The van der Waals surface area contributed by atoms with Crippen LogP contribution >= 0.6 is 12.2 Å². The van der Waals surface area contributed by atoms with Crippen LogP contribution in [0.25, 0.3) is 4.98 Å². The molecule has 1 aromatic rings. The van der Waals surface area contributed by atoms with Crippen LogP contribution in [0.2, 0.25) is 0 Å². The molecule has 2 rings (SSSR count). The average Bonchev–Trinajstić information content (AvgIpc) is 2.68. The maximum atomic E-state index is 12.6. The lowest BCUT2D eigenvalue weighted by Gasteiger charge is -2.20. The molecule has 0 spiro atoms. The van der Waals surface area contributed by atoms with Gasteiger partial charge in [-0.25, -0.2) is 0 Å². The molecule has 0 saturated carbocycles. The van der Waals surface area contributed by atoms with Gasteiger partial charge in [0.1, 0.15) is 4.99 Å². The third kappa shape index (κ3) is 2.31. The van der Waals surface area contributed by atoms with Gasteiger partial charge in [-0.05, 0) is 32.4 Å². The molecule has 1 heterocycles. The van der Waals surface area contributed by atoms with Gasteiger partial charge in [0.05, 0.1) is 12.3 Å². The van der Waals surface area contributed by atoms with Gasteiger partial charge in [-0.1, -0.05) is 30.4 Å². The first-order valence-electron chi connectivity index (χ1n) is 6.75. The monoisotopic (exact) mass is 318 g/mol. The van der Waals surface area contributed by atoms with Crippen molar-refractivity contribution in [1.29, 1.82) is 5.39 Å². The van der Waals surface area contributed by atoms with Crippen LogP contribution in [0, 0.1) is 5.39 Å². The maximum absolute atomic E-state index is 12.6. The number of fused-ring (bicyclic) bond motifs is 1. The average molecular weight is 318 g/mol. The molecule has 0 atom stereocenters. The number of anilines is 1. The molecule has 0 unspecified atom stereocenters. The first-order chi connectivity index (χ1) is 10.4. The van der Waals surface area contributed by atoms with E-state index in [0.717, 1.165) is 5.56 Å². The molecule has 0 aromatic heterocycles. The summed E-state index contributed by atoms with van der Waals surface area (Å²) in [5, 5.41) is 18.8. The van der Waals surface area contributed by atoms with Gasteiger partial charge in [-0.2, -0.15) is 0 Å². The number of carbonyl (C=O) groups excluding carboxylic acids is 1. The Kier molecular flexibility index (Phi) is 4.15. The number of hydrogen-bond donors (Lipinski definition) is 1. The Morgan fingerprint density at radius 3 is 2.68 bits per heavy atom. The van der Waals surface area contributed by atoms with E-state index in [1.807, 2.05) is 26.0 Å². The summed E-state index contributed by atoms with van der Waals surface area (Å²) >= 11 is 5.41. The Labute approximate surface area is 133 Å². The standard InChI is InChI=1S/C15H15N3O3S/c1-4-21-13(20)11(17-16)12(19)18-10-8-6-5-7-9(10)15(2,3)14(18)22/h5-8H,4H2,1-3H3/p+1. The number of aliphatic hydroxyl groups excluding tert-OH is 1. The predicted molar refractivity (Wildman–Crippen MR) is 85.9 cm³/mol. The molecule has 0 saturated heterocycles. The molecule has 0 aliphatic carbocycles. The lowest BCUT2D eigenvalue weighted by molar-refractivity contribution is -0.114. The van der Waals surface area contributed by atoms with Crippen LogP contribution in [0.15, 0.2) is 35.9 Å². The summed E-state index contributed by atoms with van der Waals surface area (Å²) in [5.74, 6) is -1.48. The van der Waals surface area contributed by atoms with Crippen LogP contribution in [0.4, 0.5) is 5.69 Å². The van der Waals surface area contributed by atoms with Gasteiger partial charge in [0.15, 0.2) is 4.98 Å². The van der Waals surface area contributed by atoms with Gasteiger partial charge in [0, 0.05) is 5.41 Å². The highest BCUT2D eigenvalue weighted by molar-refractivity contribution is 7.81. The second kappa shape index (κ2) is 5.73. The molecular formula is C15H16N3O3S+. The van der Waals surface area contributed by atoms with Crippen molar-refractivity contribution in [2.75, 3.05) is 11.5 Å². The summed E-state index contributed by atoms with van der Waals surface area (Å²) in [7, 11) is 0. The summed E-state index contributed by atoms with van der Waals surface area (Å²) in [6.07, 6.45) is 0. The molecule has 1 amide bonds. The molecule has 0 fully saturated rings. The van der Waals surface area contributed by atoms with E-state index in [9.17, 15) is 9.90 Å². The third-order valence-corrected chi connectivity index (χ3v) is 4.24. The number of nitrogens with zero attached hydrogens (tertiary/aromatic N) is 3. The van der Waals surface area contributed by atoms with E-state index in [4.69, 9.17) is 22.3 Å². The van der Waals surface area contributed by atoms with Crippen molar-refractivity contribution in [3.05, 3.63) is 46.4 Å². The van der Waals surface area contributed by atoms with Gasteiger partial charge in [-0.3, -0.25) is 9.69 Å². The minimum absolute atomic E-state index is 0.130. The number of aliphatic hydroxyl groups is 1. The fourth-order valence-corrected chi connectivity index (χ4v) is 2.68. The van der Waals surface area contributed by atoms with Gasteiger partial charge >= 0.3 is 17.5 Å². The Bertz CT molecular complexity index is 719. The van der Waals surface area contributed by atoms with E-state index in [1.165, 1.54) is 4.90 Å². The van der Waals surface area contributed by atoms with Crippen molar-refractivity contribution in [3.63, 3.8) is 0 Å². The highest BCUT2D eigenvalue weighted by atomic mass is 32.1. The third-order valence-electron chi connectivity index (χ3n) is 3.55. The number of ether oxygens (including phenoxy) is 1. The molecule has 7 heteroatoms.